The fourth-order valence-corrected chi connectivity index (χ4v) is 2.08. The van der Waals surface area contributed by atoms with Crippen molar-refractivity contribution in [2.24, 2.45) is 0 Å². The van der Waals surface area contributed by atoms with Crippen LogP contribution in [0.25, 0.3) is 0 Å². The zero-order valence-electron chi connectivity index (χ0n) is 8.26. The van der Waals surface area contributed by atoms with Gasteiger partial charge in [0.25, 0.3) is 0 Å². The molecule has 2 heteroatoms. The van der Waals surface area contributed by atoms with E-state index in [4.69, 9.17) is 11.6 Å². The van der Waals surface area contributed by atoms with Crippen molar-refractivity contribution in [2.45, 2.75) is 24.6 Å². The van der Waals surface area contributed by atoms with Crippen LogP contribution in [-0.2, 0) is 26.2 Å². The molecular formula is C12H13ClZr. The van der Waals surface area contributed by atoms with Crippen LogP contribution in [0.2, 0.25) is 0 Å². The average Bonchev–Trinajstić information content (AvgIpc) is 2.78. The molecule has 0 saturated carbocycles. The van der Waals surface area contributed by atoms with Crippen LogP contribution in [0.5, 0.6) is 0 Å². The van der Waals surface area contributed by atoms with E-state index in [0.717, 1.165) is 12.8 Å². The maximum absolute atomic E-state index is 6.53. The Bertz CT molecular complexity index is 300. The van der Waals surface area contributed by atoms with Gasteiger partial charge >= 0.3 is 0 Å². The normalized spacial score (nSPS) is 19.3. The first-order chi connectivity index (χ1) is 6.21. The number of hydrogen-bond donors (Lipinski definition) is 0. The quantitative estimate of drug-likeness (QED) is 0.677. The molecule has 0 aliphatic heterocycles. The molecule has 0 aromatic rings. The van der Waals surface area contributed by atoms with Crippen LogP contribution in [0, 0.1) is 0 Å². The number of alkyl halides is 1. The predicted octanol–water partition coefficient (Wildman–Crippen LogP) is 3.75. The first kappa shape index (κ1) is 12.2. The Morgan fingerprint density at radius 1 is 1.07 bits per heavy atom. The van der Waals surface area contributed by atoms with Crippen LogP contribution >= 0.6 is 11.6 Å². The number of allylic oxidation sites excluding steroid dienone is 8. The first-order valence-electron chi connectivity index (χ1n) is 4.62. The third-order valence-electron chi connectivity index (χ3n) is 2.75. The van der Waals surface area contributed by atoms with Gasteiger partial charge in [-0.1, -0.05) is 36.5 Å². The second-order valence-corrected chi connectivity index (χ2v) is 4.41. The topological polar surface area (TPSA) is 0 Å². The SMILES string of the molecule is CC(Cl)(C1=CC=CC1)C1=CC=CC1.[Zr]. The molecule has 14 heavy (non-hydrogen) atoms. The van der Waals surface area contributed by atoms with Crippen molar-refractivity contribution in [3.05, 3.63) is 47.6 Å². The van der Waals surface area contributed by atoms with E-state index in [0.29, 0.717) is 0 Å². The van der Waals surface area contributed by atoms with Crippen LogP contribution in [0.3, 0.4) is 0 Å². The van der Waals surface area contributed by atoms with Crippen molar-refractivity contribution in [1.29, 1.82) is 0 Å². The van der Waals surface area contributed by atoms with Gasteiger partial charge in [-0.05, 0) is 30.9 Å². The maximum atomic E-state index is 6.53. The summed E-state index contributed by atoms with van der Waals surface area (Å²) in [5.41, 5.74) is 2.62. The van der Waals surface area contributed by atoms with E-state index in [1.165, 1.54) is 11.1 Å². The van der Waals surface area contributed by atoms with E-state index in [2.05, 4.69) is 43.4 Å². The molecule has 2 aliphatic rings. The van der Waals surface area contributed by atoms with Gasteiger partial charge in [-0.2, -0.15) is 0 Å². The van der Waals surface area contributed by atoms with E-state index in [9.17, 15) is 0 Å². The summed E-state index contributed by atoms with van der Waals surface area (Å²) in [6.45, 7) is 2.09. The van der Waals surface area contributed by atoms with E-state index >= 15 is 0 Å². The van der Waals surface area contributed by atoms with Gasteiger partial charge in [-0.3, -0.25) is 0 Å². The van der Waals surface area contributed by atoms with Crippen LogP contribution in [0.15, 0.2) is 47.6 Å². The van der Waals surface area contributed by atoms with Crippen molar-refractivity contribution >= 4 is 11.6 Å². The molecule has 0 aromatic heterocycles. The molecule has 0 atom stereocenters. The molecule has 0 unspecified atom stereocenters. The van der Waals surface area contributed by atoms with Gasteiger partial charge in [0.05, 0.1) is 4.87 Å². The minimum absolute atomic E-state index is 0. The summed E-state index contributed by atoms with van der Waals surface area (Å²) in [6.07, 6.45) is 14.7. The van der Waals surface area contributed by atoms with E-state index in [1.54, 1.807) is 0 Å². The van der Waals surface area contributed by atoms with Gasteiger partial charge in [0, 0.05) is 26.2 Å². The van der Waals surface area contributed by atoms with Gasteiger partial charge in [0.1, 0.15) is 0 Å². The van der Waals surface area contributed by atoms with Crippen molar-refractivity contribution in [3.8, 4) is 0 Å². The molecular weight excluding hydrogens is 271 g/mol. The van der Waals surface area contributed by atoms with Gasteiger partial charge in [-0.15, -0.1) is 11.6 Å². The Balaban J connectivity index is 0.000000980. The molecule has 0 aromatic carbocycles. The summed E-state index contributed by atoms with van der Waals surface area (Å²) >= 11 is 6.53. The van der Waals surface area contributed by atoms with Crippen LogP contribution in [0.1, 0.15) is 19.8 Å². The summed E-state index contributed by atoms with van der Waals surface area (Å²) in [5.74, 6) is 0. The van der Waals surface area contributed by atoms with Crippen molar-refractivity contribution in [2.75, 3.05) is 0 Å². The molecule has 72 valence electrons. The largest absolute Gasteiger partial charge is 0.110 e. The standard InChI is InChI=1S/C12H13Cl.Zr/c1-12(13,10-6-2-3-7-10)11-8-4-5-9-11;/h2-6,8H,7,9H2,1H3;. The van der Waals surface area contributed by atoms with E-state index < -0.39 is 0 Å². The molecule has 0 nitrogen and oxygen atoms in total. The third kappa shape index (κ3) is 2.20. The molecule has 2 rings (SSSR count). The fraction of sp³-hybridized carbons (Fsp3) is 0.333. The van der Waals surface area contributed by atoms with Gasteiger partial charge in [0.2, 0.25) is 0 Å². The summed E-state index contributed by atoms with van der Waals surface area (Å²) < 4.78 is 0. The third-order valence-corrected chi connectivity index (χ3v) is 3.23. The molecule has 0 radical (unpaired) electrons. The Labute approximate surface area is 110 Å². The fourth-order valence-electron chi connectivity index (χ4n) is 1.80. The van der Waals surface area contributed by atoms with E-state index in [1.807, 2.05) is 0 Å². The van der Waals surface area contributed by atoms with Crippen LogP contribution in [-0.4, -0.2) is 4.87 Å². The summed E-state index contributed by atoms with van der Waals surface area (Å²) in [4.78, 5) is -0.271. The second kappa shape index (κ2) is 4.77. The number of hydrogen-bond acceptors (Lipinski definition) is 0. The smallest absolute Gasteiger partial charge is 0.0848 e. The average molecular weight is 284 g/mol. The van der Waals surface area contributed by atoms with Crippen LogP contribution in [0.4, 0.5) is 0 Å². The minimum atomic E-state index is -0.271. The van der Waals surface area contributed by atoms with Crippen molar-refractivity contribution in [1.82, 2.24) is 0 Å². The molecule has 0 spiro atoms. The molecule has 0 N–H and O–H groups in total. The van der Waals surface area contributed by atoms with Gasteiger partial charge in [0.15, 0.2) is 0 Å². The molecule has 0 heterocycles. The van der Waals surface area contributed by atoms with Gasteiger partial charge < -0.3 is 0 Å². The van der Waals surface area contributed by atoms with Crippen molar-refractivity contribution in [3.63, 3.8) is 0 Å². The zero-order valence-corrected chi connectivity index (χ0v) is 11.5. The molecule has 0 bridgehead atoms. The monoisotopic (exact) mass is 282 g/mol. The maximum Gasteiger partial charge on any atom is 0.0848 e. The first-order valence-corrected chi connectivity index (χ1v) is 5.00. The molecule has 0 fully saturated rings. The van der Waals surface area contributed by atoms with Crippen molar-refractivity contribution < 1.29 is 26.2 Å². The Morgan fingerprint density at radius 3 is 1.79 bits per heavy atom. The number of halogens is 1. The zero-order chi connectivity index (χ0) is 9.31. The van der Waals surface area contributed by atoms with Gasteiger partial charge in [-0.25, -0.2) is 0 Å². The Morgan fingerprint density at radius 2 is 1.50 bits per heavy atom. The Kier molecular flexibility index (Phi) is 4.16. The minimum Gasteiger partial charge on any atom is -0.110 e. The number of rotatable bonds is 2. The molecule has 2 aliphatic carbocycles. The predicted molar refractivity (Wildman–Crippen MR) is 57.9 cm³/mol. The summed E-state index contributed by atoms with van der Waals surface area (Å²) in [7, 11) is 0. The second-order valence-electron chi connectivity index (χ2n) is 3.65. The van der Waals surface area contributed by atoms with Crippen LogP contribution < -0.4 is 0 Å². The summed E-state index contributed by atoms with van der Waals surface area (Å²) in [5, 5.41) is 0. The molecule has 0 saturated heterocycles. The van der Waals surface area contributed by atoms with E-state index in [-0.39, 0.29) is 31.1 Å². The Hall–Kier alpha value is 0.133. The molecule has 0 amide bonds. The summed E-state index contributed by atoms with van der Waals surface area (Å²) in [6, 6.07) is 0.